The zero-order valence-corrected chi connectivity index (χ0v) is 13.7. The average Bonchev–Trinajstić information content (AvgIpc) is 2.99. The van der Waals surface area contributed by atoms with Crippen LogP contribution in [0.15, 0.2) is 24.3 Å². The fourth-order valence-corrected chi connectivity index (χ4v) is 3.23. The first-order valence-corrected chi connectivity index (χ1v) is 8.38. The Bertz CT molecular complexity index is 567. The molecule has 0 bridgehead atoms. The third-order valence-corrected chi connectivity index (χ3v) is 4.59. The number of ether oxygens (including phenoxy) is 1. The van der Waals surface area contributed by atoms with Gasteiger partial charge in [0.05, 0.1) is 0 Å². The van der Waals surface area contributed by atoms with Crippen LogP contribution in [0.1, 0.15) is 32.3 Å². The minimum absolute atomic E-state index is 0.0338. The third kappa shape index (κ3) is 3.49. The van der Waals surface area contributed by atoms with Gasteiger partial charge >= 0.3 is 0 Å². The van der Waals surface area contributed by atoms with Gasteiger partial charge in [-0.1, -0.05) is 32.0 Å². The van der Waals surface area contributed by atoms with E-state index in [2.05, 4.69) is 5.32 Å². The van der Waals surface area contributed by atoms with Crippen molar-refractivity contribution in [3.05, 3.63) is 29.8 Å². The molecule has 0 saturated carbocycles. The van der Waals surface area contributed by atoms with Crippen molar-refractivity contribution in [2.45, 2.75) is 45.3 Å². The maximum Gasteiger partial charge on any atom is 0.261 e. The molecule has 2 heterocycles. The lowest BCUT2D eigenvalue weighted by atomic mass is 10.0. The number of hydrogen-bond acceptors (Lipinski definition) is 3. The number of carbonyl (C=O) groups is 2. The van der Waals surface area contributed by atoms with Gasteiger partial charge in [-0.2, -0.15) is 0 Å². The van der Waals surface area contributed by atoms with E-state index < -0.39 is 6.10 Å². The van der Waals surface area contributed by atoms with E-state index in [1.165, 1.54) is 0 Å². The molecular formula is C18H24N2O3. The first-order chi connectivity index (χ1) is 11.0. The Balaban J connectivity index is 1.48. The summed E-state index contributed by atoms with van der Waals surface area (Å²) in [6, 6.07) is 7.91. The highest BCUT2D eigenvalue weighted by Crippen LogP contribution is 2.28. The number of fused-ring (bicyclic) bond motifs is 1. The molecule has 0 unspecified atom stereocenters. The van der Waals surface area contributed by atoms with Crippen LogP contribution in [0.2, 0.25) is 0 Å². The van der Waals surface area contributed by atoms with E-state index in [1.807, 2.05) is 43.0 Å². The Morgan fingerprint density at radius 3 is 2.57 bits per heavy atom. The summed E-state index contributed by atoms with van der Waals surface area (Å²) in [6.45, 7) is 5.28. The smallest absolute Gasteiger partial charge is 0.261 e. The number of nitrogens with zero attached hydrogens (tertiary/aromatic N) is 1. The molecule has 1 N–H and O–H groups in total. The first kappa shape index (κ1) is 15.8. The predicted octanol–water partition coefficient (Wildman–Crippen LogP) is 1.75. The Kier molecular flexibility index (Phi) is 4.55. The van der Waals surface area contributed by atoms with Gasteiger partial charge in [0, 0.05) is 31.5 Å². The molecule has 3 rings (SSSR count). The highest BCUT2D eigenvalue weighted by atomic mass is 16.5. The summed E-state index contributed by atoms with van der Waals surface area (Å²) in [5.74, 6) is 0.996. The number of nitrogens with one attached hydrogen (secondary N) is 1. The molecular weight excluding hydrogens is 292 g/mol. The van der Waals surface area contributed by atoms with Crippen molar-refractivity contribution in [1.82, 2.24) is 10.2 Å². The van der Waals surface area contributed by atoms with Crippen LogP contribution in [0.4, 0.5) is 0 Å². The number of rotatable bonds is 3. The largest absolute Gasteiger partial charge is 0.480 e. The van der Waals surface area contributed by atoms with Crippen LogP contribution >= 0.6 is 0 Å². The Morgan fingerprint density at radius 2 is 1.91 bits per heavy atom. The van der Waals surface area contributed by atoms with Crippen molar-refractivity contribution in [2.75, 3.05) is 13.1 Å². The van der Waals surface area contributed by atoms with E-state index in [1.54, 1.807) is 0 Å². The van der Waals surface area contributed by atoms with E-state index in [0.29, 0.717) is 19.5 Å². The standard InChI is InChI=1S/C18H24N2O3/c1-12(2)18(22)20-9-7-14(8-10-20)19-17(21)16-11-13-5-3-4-6-15(13)23-16/h3-6,12,14,16H,7-11H2,1-2H3,(H,19,21)/t16-/m1/s1. The van der Waals surface area contributed by atoms with Crippen LogP contribution in [0.3, 0.4) is 0 Å². The van der Waals surface area contributed by atoms with Gasteiger partial charge in [-0.3, -0.25) is 9.59 Å². The summed E-state index contributed by atoms with van der Waals surface area (Å²) in [7, 11) is 0. The molecule has 0 radical (unpaired) electrons. The summed E-state index contributed by atoms with van der Waals surface area (Å²) in [5.41, 5.74) is 1.09. The lowest BCUT2D eigenvalue weighted by Gasteiger charge is -2.33. The van der Waals surface area contributed by atoms with Crippen molar-refractivity contribution in [1.29, 1.82) is 0 Å². The Labute approximate surface area is 137 Å². The molecule has 0 aliphatic carbocycles. The van der Waals surface area contributed by atoms with Gasteiger partial charge in [-0.15, -0.1) is 0 Å². The van der Waals surface area contributed by atoms with Crippen LogP contribution in [-0.4, -0.2) is 41.9 Å². The molecule has 0 aromatic heterocycles. The normalized spacial score (nSPS) is 21.0. The number of para-hydroxylation sites is 1. The van der Waals surface area contributed by atoms with Gasteiger partial charge in [0.25, 0.3) is 5.91 Å². The lowest BCUT2D eigenvalue weighted by Crippen LogP contribution is -2.50. The van der Waals surface area contributed by atoms with Gasteiger partial charge in [0.2, 0.25) is 5.91 Å². The van der Waals surface area contributed by atoms with Gasteiger partial charge in [-0.05, 0) is 24.5 Å². The third-order valence-electron chi connectivity index (χ3n) is 4.59. The maximum atomic E-state index is 12.4. The molecule has 1 atom stereocenters. The van der Waals surface area contributed by atoms with Crippen LogP contribution in [0.5, 0.6) is 5.75 Å². The van der Waals surface area contributed by atoms with Crippen molar-refractivity contribution >= 4 is 11.8 Å². The minimum atomic E-state index is -0.428. The zero-order valence-electron chi connectivity index (χ0n) is 13.7. The number of benzene rings is 1. The molecule has 5 heteroatoms. The second-order valence-corrected chi connectivity index (χ2v) is 6.68. The molecule has 2 aliphatic heterocycles. The molecule has 124 valence electrons. The van der Waals surface area contributed by atoms with E-state index in [-0.39, 0.29) is 23.8 Å². The van der Waals surface area contributed by atoms with Crippen molar-refractivity contribution in [3.63, 3.8) is 0 Å². The number of likely N-dealkylation sites (tertiary alicyclic amines) is 1. The quantitative estimate of drug-likeness (QED) is 0.924. The van der Waals surface area contributed by atoms with E-state index >= 15 is 0 Å². The number of carbonyl (C=O) groups excluding carboxylic acids is 2. The van der Waals surface area contributed by atoms with Gasteiger partial charge < -0.3 is 15.0 Å². The van der Waals surface area contributed by atoms with Crippen LogP contribution in [0.25, 0.3) is 0 Å². The summed E-state index contributed by atoms with van der Waals surface area (Å²) >= 11 is 0. The Hall–Kier alpha value is -2.04. The van der Waals surface area contributed by atoms with Crippen molar-refractivity contribution in [2.24, 2.45) is 5.92 Å². The summed E-state index contributed by atoms with van der Waals surface area (Å²) in [5, 5.41) is 3.08. The Morgan fingerprint density at radius 1 is 1.22 bits per heavy atom. The van der Waals surface area contributed by atoms with Crippen LogP contribution in [0, 0.1) is 5.92 Å². The first-order valence-electron chi connectivity index (χ1n) is 8.38. The number of hydrogen-bond donors (Lipinski definition) is 1. The molecule has 2 aliphatic rings. The molecule has 2 amide bonds. The molecule has 0 spiro atoms. The molecule has 1 fully saturated rings. The summed E-state index contributed by atoms with van der Waals surface area (Å²) in [6.07, 6.45) is 1.82. The van der Waals surface area contributed by atoms with Gasteiger partial charge in [-0.25, -0.2) is 0 Å². The second-order valence-electron chi connectivity index (χ2n) is 6.68. The fourth-order valence-electron chi connectivity index (χ4n) is 3.23. The van der Waals surface area contributed by atoms with Crippen LogP contribution in [-0.2, 0) is 16.0 Å². The predicted molar refractivity (Wildman–Crippen MR) is 87.1 cm³/mol. The molecule has 1 saturated heterocycles. The number of piperidine rings is 1. The SMILES string of the molecule is CC(C)C(=O)N1CCC(NC(=O)[C@H]2Cc3ccccc3O2)CC1. The van der Waals surface area contributed by atoms with E-state index in [0.717, 1.165) is 24.2 Å². The molecule has 1 aromatic carbocycles. The molecule has 1 aromatic rings. The van der Waals surface area contributed by atoms with E-state index in [9.17, 15) is 9.59 Å². The average molecular weight is 316 g/mol. The summed E-state index contributed by atoms with van der Waals surface area (Å²) < 4.78 is 5.72. The highest BCUT2D eigenvalue weighted by molar-refractivity contribution is 5.83. The lowest BCUT2D eigenvalue weighted by molar-refractivity contribution is -0.135. The van der Waals surface area contributed by atoms with Crippen molar-refractivity contribution in [3.8, 4) is 5.75 Å². The van der Waals surface area contributed by atoms with Gasteiger partial charge in [0.1, 0.15) is 5.75 Å². The topological polar surface area (TPSA) is 58.6 Å². The van der Waals surface area contributed by atoms with Crippen LogP contribution < -0.4 is 10.1 Å². The summed E-state index contributed by atoms with van der Waals surface area (Å²) in [4.78, 5) is 26.3. The van der Waals surface area contributed by atoms with E-state index in [4.69, 9.17) is 4.74 Å². The van der Waals surface area contributed by atoms with Crippen molar-refractivity contribution < 1.29 is 14.3 Å². The fraction of sp³-hybridized carbons (Fsp3) is 0.556. The highest BCUT2D eigenvalue weighted by Gasteiger charge is 2.31. The molecule has 23 heavy (non-hydrogen) atoms. The zero-order chi connectivity index (χ0) is 16.4. The monoisotopic (exact) mass is 316 g/mol. The second kappa shape index (κ2) is 6.60. The number of amides is 2. The molecule has 5 nitrogen and oxygen atoms in total. The minimum Gasteiger partial charge on any atom is -0.480 e. The van der Waals surface area contributed by atoms with Gasteiger partial charge in [0.15, 0.2) is 6.10 Å². The maximum absolute atomic E-state index is 12.4.